The molecular formula is C14H29N. The molecule has 3 unspecified atom stereocenters. The van der Waals surface area contributed by atoms with Crippen LogP contribution in [0.15, 0.2) is 0 Å². The van der Waals surface area contributed by atoms with Gasteiger partial charge in [-0.25, -0.2) is 0 Å². The van der Waals surface area contributed by atoms with Crippen molar-refractivity contribution in [3.63, 3.8) is 0 Å². The minimum absolute atomic E-state index is 0.507. The van der Waals surface area contributed by atoms with Crippen molar-refractivity contribution in [2.45, 2.75) is 77.7 Å². The number of nitrogens with two attached hydrogens (primary N) is 1. The maximum absolute atomic E-state index is 6.04. The molecule has 1 aliphatic rings. The summed E-state index contributed by atoms with van der Waals surface area (Å²) in [6.45, 7) is 4.65. The average molecular weight is 211 g/mol. The first-order valence-electron chi connectivity index (χ1n) is 7.01. The highest BCUT2D eigenvalue weighted by Crippen LogP contribution is 2.31. The first-order chi connectivity index (χ1) is 7.26. The SMILES string of the molecule is CCCCC(CC)CC1CCCC(N)C1. The second kappa shape index (κ2) is 7.27. The van der Waals surface area contributed by atoms with E-state index in [-0.39, 0.29) is 0 Å². The Bertz CT molecular complexity index is 155. The van der Waals surface area contributed by atoms with Gasteiger partial charge in [-0.05, 0) is 31.1 Å². The van der Waals surface area contributed by atoms with Crippen LogP contribution in [-0.2, 0) is 0 Å². The lowest BCUT2D eigenvalue weighted by atomic mass is 9.79. The second-order valence-corrected chi connectivity index (χ2v) is 5.44. The molecule has 1 rings (SSSR count). The van der Waals surface area contributed by atoms with Gasteiger partial charge in [-0.1, -0.05) is 52.4 Å². The summed E-state index contributed by atoms with van der Waals surface area (Å²) in [5, 5.41) is 0. The Labute approximate surface area is 95.8 Å². The van der Waals surface area contributed by atoms with E-state index in [1.54, 1.807) is 0 Å². The fourth-order valence-electron chi connectivity index (χ4n) is 3.00. The van der Waals surface area contributed by atoms with Crippen molar-refractivity contribution in [2.75, 3.05) is 0 Å². The fraction of sp³-hybridized carbons (Fsp3) is 1.00. The largest absolute Gasteiger partial charge is 0.328 e. The minimum atomic E-state index is 0.507. The molecule has 2 N–H and O–H groups in total. The van der Waals surface area contributed by atoms with Gasteiger partial charge in [-0.2, -0.15) is 0 Å². The topological polar surface area (TPSA) is 26.0 Å². The Hall–Kier alpha value is -0.0400. The van der Waals surface area contributed by atoms with Gasteiger partial charge >= 0.3 is 0 Å². The van der Waals surface area contributed by atoms with E-state index in [9.17, 15) is 0 Å². The maximum atomic E-state index is 6.04. The van der Waals surface area contributed by atoms with Gasteiger partial charge in [0, 0.05) is 6.04 Å². The monoisotopic (exact) mass is 211 g/mol. The van der Waals surface area contributed by atoms with Crippen molar-refractivity contribution in [2.24, 2.45) is 17.6 Å². The molecule has 15 heavy (non-hydrogen) atoms. The Morgan fingerprint density at radius 1 is 1.27 bits per heavy atom. The molecule has 1 heteroatoms. The van der Waals surface area contributed by atoms with Crippen LogP contribution in [0.1, 0.15) is 71.6 Å². The van der Waals surface area contributed by atoms with Crippen LogP contribution < -0.4 is 5.73 Å². The van der Waals surface area contributed by atoms with Crippen molar-refractivity contribution in [3.8, 4) is 0 Å². The summed E-state index contributed by atoms with van der Waals surface area (Å²) in [6, 6.07) is 0.507. The van der Waals surface area contributed by atoms with Gasteiger partial charge in [0.1, 0.15) is 0 Å². The van der Waals surface area contributed by atoms with E-state index in [2.05, 4.69) is 13.8 Å². The first-order valence-corrected chi connectivity index (χ1v) is 7.01. The smallest absolute Gasteiger partial charge is 0.00414 e. The summed E-state index contributed by atoms with van der Waals surface area (Å²) in [4.78, 5) is 0. The van der Waals surface area contributed by atoms with Gasteiger partial charge in [0.2, 0.25) is 0 Å². The first kappa shape index (κ1) is 13.0. The number of hydrogen-bond donors (Lipinski definition) is 1. The standard InChI is InChI=1S/C14H29N/c1-3-5-7-12(4-2)10-13-8-6-9-14(15)11-13/h12-14H,3-11,15H2,1-2H3. The van der Waals surface area contributed by atoms with Crippen molar-refractivity contribution < 1.29 is 0 Å². The summed E-state index contributed by atoms with van der Waals surface area (Å²) < 4.78 is 0. The van der Waals surface area contributed by atoms with Gasteiger partial charge in [0.25, 0.3) is 0 Å². The molecule has 1 aliphatic carbocycles. The molecule has 0 bridgehead atoms. The highest BCUT2D eigenvalue weighted by molar-refractivity contribution is 4.77. The van der Waals surface area contributed by atoms with Gasteiger partial charge < -0.3 is 5.73 Å². The van der Waals surface area contributed by atoms with E-state index >= 15 is 0 Å². The molecule has 1 saturated carbocycles. The number of hydrogen-bond acceptors (Lipinski definition) is 1. The molecule has 0 spiro atoms. The van der Waals surface area contributed by atoms with E-state index in [4.69, 9.17) is 5.73 Å². The van der Waals surface area contributed by atoms with Crippen LogP contribution in [0, 0.1) is 11.8 Å². The Balaban J connectivity index is 2.24. The van der Waals surface area contributed by atoms with E-state index in [0.29, 0.717) is 6.04 Å². The molecule has 90 valence electrons. The van der Waals surface area contributed by atoms with Crippen molar-refractivity contribution in [1.82, 2.24) is 0 Å². The summed E-state index contributed by atoms with van der Waals surface area (Å²) in [6.07, 6.45) is 12.4. The van der Waals surface area contributed by atoms with Gasteiger partial charge in [0.05, 0.1) is 0 Å². The lowest BCUT2D eigenvalue weighted by Crippen LogP contribution is -2.28. The highest BCUT2D eigenvalue weighted by atomic mass is 14.6. The third-order valence-corrected chi connectivity index (χ3v) is 4.03. The molecule has 0 heterocycles. The van der Waals surface area contributed by atoms with Gasteiger partial charge in [-0.3, -0.25) is 0 Å². The Morgan fingerprint density at radius 2 is 2.07 bits per heavy atom. The van der Waals surface area contributed by atoms with Gasteiger partial charge in [0.15, 0.2) is 0 Å². The third-order valence-electron chi connectivity index (χ3n) is 4.03. The van der Waals surface area contributed by atoms with E-state index in [1.165, 1.54) is 57.8 Å². The molecule has 0 aromatic carbocycles. The van der Waals surface area contributed by atoms with Crippen molar-refractivity contribution in [1.29, 1.82) is 0 Å². The quantitative estimate of drug-likeness (QED) is 0.703. The molecule has 0 radical (unpaired) electrons. The molecule has 1 fully saturated rings. The average Bonchev–Trinajstić information content (AvgIpc) is 2.24. The zero-order valence-electron chi connectivity index (χ0n) is 10.7. The Kier molecular flexibility index (Phi) is 6.31. The minimum Gasteiger partial charge on any atom is -0.328 e. The summed E-state index contributed by atoms with van der Waals surface area (Å²) >= 11 is 0. The molecule has 0 aromatic heterocycles. The molecule has 0 amide bonds. The van der Waals surface area contributed by atoms with E-state index < -0.39 is 0 Å². The lowest BCUT2D eigenvalue weighted by Gasteiger charge is -2.29. The van der Waals surface area contributed by atoms with Gasteiger partial charge in [-0.15, -0.1) is 0 Å². The Morgan fingerprint density at radius 3 is 2.67 bits per heavy atom. The molecule has 0 aliphatic heterocycles. The number of unbranched alkanes of at least 4 members (excludes halogenated alkanes) is 1. The van der Waals surface area contributed by atoms with Crippen molar-refractivity contribution in [3.05, 3.63) is 0 Å². The van der Waals surface area contributed by atoms with Crippen LogP contribution in [0.25, 0.3) is 0 Å². The van der Waals surface area contributed by atoms with Crippen LogP contribution >= 0.6 is 0 Å². The zero-order valence-corrected chi connectivity index (χ0v) is 10.7. The summed E-state index contributed by atoms with van der Waals surface area (Å²) in [7, 11) is 0. The van der Waals surface area contributed by atoms with E-state index in [1.807, 2.05) is 0 Å². The van der Waals surface area contributed by atoms with Crippen LogP contribution in [0.5, 0.6) is 0 Å². The van der Waals surface area contributed by atoms with Crippen LogP contribution in [0.2, 0.25) is 0 Å². The predicted molar refractivity (Wildman–Crippen MR) is 67.9 cm³/mol. The fourth-order valence-corrected chi connectivity index (χ4v) is 3.00. The molecular weight excluding hydrogens is 182 g/mol. The second-order valence-electron chi connectivity index (χ2n) is 5.44. The normalized spacial score (nSPS) is 29.0. The molecule has 0 aromatic rings. The lowest BCUT2D eigenvalue weighted by molar-refractivity contribution is 0.253. The van der Waals surface area contributed by atoms with E-state index in [0.717, 1.165) is 11.8 Å². The predicted octanol–water partition coefficient (Wildman–Crippen LogP) is 4.11. The van der Waals surface area contributed by atoms with Crippen LogP contribution in [-0.4, -0.2) is 6.04 Å². The molecule has 3 atom stereocenters. The third kappa shape index (κ3) is 5.01. The molecule has 1 nitrogen and oxygen atoms in total. The maximum Gasteiger partial charge on any atom is 0.00414 e. The summed E-state index contributed by atoms with van der Waals surface area (Å²) in [5.74, 6) is 1.91. The van der Waals surface area contributed by atoms with Crippen molar-refractivity contribution >= 4 is 0 Å². The zero-order chi connectivity index (χ0) is 11.1. The number of rotatable bonds is 6. The summed E-state index contributed by atoms with van der Waals surface area (Å²) in [5.41, 5.74) is 6.04. The van der Waals surface area contributed by atoms with Crippen LogP contribution in [0.4, 0.5) is 0 Å². The molecule has 0 saturated heterocycles. The van der Waals surface area contributed by atoms with Crippen LogP contribution in [0.3, 0.4) is 0 Å². The highest BCUT2D eigenvalue weighted by Gasteiger charge is 2.21.